The number of hydrogen-bond donors (Lipinski definition) is 0. The summed E-state index contributed by atoms with van der Waals surface area (Å²) in [6.45, 7) is 7.12. The van der Waals surface area contributed by atoms with Gasteiger partial charge in [-0.1, -0.05) is 27.7 Å². The lowest BCUT2D eigenvalue weighted by Crippen LogP contribution is -2.15. The molecule has 20 heavy (non-hydrogen) atoms. The van der Waals surface area contributed by atoms with E-state index in [1.807, 2.05) is 27.7 Å². The second-order valence-electron chi connectivity index (χ2n) is 4.92. The number of carbonyl (C=O) groups is 2. The van der Waals surface area contributed by atoms with E-state index in [1.54, 1.807) is 0 Å². The van der Waals surface area contributed by atoms with Crippen LogP contribution in [-0.2, 0) is 32.7 Å². The highest BCUT2D eigenvalue weighted by molar-refractivity contribution is 7.33. The van der Waals surface area contributed by atoms with Crippen molar-refractivity contribution < 1.29 is 32.7 Å². The van der Waals surface area contributed by atoms with Crippen molar-refractivity contribution in [2.45, 2.75) is 27.7 Å². The molecule has 0 bridgehead atoms. The third-order valence-electron chi connectivity index (χ3n) is 1.73. The zero-order valence-corrected chi connectivity index (χ0v) is 13.2. The number of esters is 2. The molecule has 0 saturated carbocycles. The van der Waals surface area contributed by atoms with Gasteiger partial charge in [0.25, 0.3) is 0 Å². The normalized spacial score (nSPS) is 10.7. The van der Waals surface area contributed by atoms with Gasteiger partial charge in [-0.2, -0.15) is 0 Å². The van der Waals surface area contributed by atoms with Crippen molar-refractivity contribution in [3.05, 3.63) is 0 Å². The molecule has 0 aromatic carbocycles. The van der Waals surface area contributed by atoms with Crippen LogP contribution < -0.4 is 0 Å². The zero-order chi connectivity index (χ0) is 15.5. The van der Waals surface area contributed by atoms with Crippen LogP contribution in [0.25, 0.3) is 0 Å². The fourth-order valence-corrected chi connectivity index (χ4v) is 1.35. The van der Waals surface area contributed by atoms with E-state index in [0.717, 1.165) is 0 Å². The lowest BCUT2D eigenvalue weighted by Gasteiger charge is -2.05. The van der Waals surface area contributed by atoms with Gasteiger partial charge in [0.05, 0.1) is 13.2 Å². The van der Waals surface area contributed by atoms with Crippen LogP contribution in [0.4, 0.5) is 0 Å². The Morgan fingerprint density at radius 1 is 0.850 bits per heavy atom. The quantitative estimate of drug-likeness (QED) is 0.451. The molecule has 7 nitrogen and oxygen atoms in total. The Bertz CT molecular complexity index is 298. The highest BCUT2D eigenvalue weighted by Gasteiger charge is 2.25. The number of rotatable bonds is 10. The monoisotopic (exact) mass is 309 g/mol. The Labute approximate surface area is 119 Å². The van der Waals surface area contributed by atoms with E-state index in [0.29, 0.717) is 0 Å². The van der Waals surface area contributed by atoms with Gasteiger partial charge in [0.1, 0.15) is 0 Å². The molecular weight excluding hydrogens is 287 g/mol. The van der Waals surface area contributed by atoms with Gasteiger partial charge in [0.2, 0.25) is 13.2 Å². The molecule has 0 aromatic heterocycles. The number of hydrogen-bond acceptors (Lipinski definition) is 7. The SMILES string of the molecule is CC(C)COC(=O)CO[P+](=O)OCC(=O)OCC(C)C. The molecule has 0 aliphatic rings. The Morgan fingerprint density at radius 2 is 1.20 bits per heavy atom. The maximum absolute atomic E-state index is 11.2. The Morgan fingerprint density at radius 3 is 1.50 bits per heavy atom. The molecule has 0 aliphatic heterocycles. The minimum absolute atomic E-state index is 0.208. The predicted octanol–water partition coefficient (Wildman–Crippen LogP) is 2.08. The van der Waals surface area contributed by atoms with Gasteiger partial charge in [-0.05, 0) is 11.8 Å². The summed E-state index contributed by atoms with van der Waals surface area (Å²) < 4.78 is 30.1. The third kappa shape index (κ3) is 12.0. The van der Waals surface area contributed by atoms with E-state index in [4.69, 9.17) is 9.47 Å². The largest absolute Gasteiger partial charge is 0.698 e. The molecule has 0 atom stereocenters. The van der Waals surface area contributed by atoms with Crippen molar-refractivity contribution in [3.8, 4) is 0 Å². The minimum Gasteiger partial charge on any atom is -0.464 e. The van der Waals surface area contributed by atoms with Crippen LogP contribution >= 0.6 is 8.25 Å². The summed E-state index contributed by atoms with van der Waals surface area (Å²) in [6.07, 6.45) is 0. The molecule has 0 rings (SSSR count). The zero-order valence-electron chi connectivity index (χ0n) is 12.3. The Balaban J connectivity index is 3.68. The second-order valence-corrected chi connectivity index (χ2v) is 5.89. The van der Waals surface area contributed by atoms with Gasteiger partial charge in [-0.15, -0.1) is 9.05 Å². The average molecular weight is 309 g/mol. The van der Waals surface area contributed by atoms with E-state index in [9.17, 15) is 14.2 Å². The number of carbonyl (C=O) groups excluding carboxylic acids is 2. The van der Waals surface area contributed by atoms with Crippen LogP contribution in [0.1, 0.15) is 27.7 Å². The first kappa shape index (κ1) is 19.0. The van der Waals surface area contributed by atoms with E-state index in [2.05, 4.69) is 9.05 Å². The maximum atomic E-state index is 11.2. The Kier molecular flexibility index (Phi) is 10.2. The molecule has 0 radical (unpaired) electrons. The van der Waals surface area contributed by atoms with Crippen molar-refractivity contribution in [2.75, 3.05) is 26.4 Å². The fraction of sp³-hybridized carbons (Fsp3) is 0.833. The van der Waals surface area contributed by atoms with Gasteiger partial charge in [0, 0.05) is 4.57 Å². The summed E-state index contributed by atoms with van der Waals surface area (Å²) in [5, 5.41) is 0. The van der Waals surface area contributed by atoms with Gasteiger partial charge in [-0.25, -0.2) is 9.59 Å². The van der Waals surface area contributed by atoms with Gasteiger partial charge < -0.3 is 9.47 Å². The Hall–Kier alpha value is -1.04. The van der Waals surface area contributed by atoms with Crippen molar-refractivity contribution >= 4 is 20.2 Å². The third-order valence-corrected chi connectivity index (χ3v) is 2.41. The predicted molar refractivity (Wildman–Crippen MR) is 71.1 cm³/mol. The molecule has 0 spiro atoms. The first-order chi connectivity index (χ1) is 9.31. The van der Waals surface area contributed by atoms with Gasteiger partial charge in [-0.3, -0.25) is 0 Å². The fourth-order valence-electron chi connectivity index (χ4n) is 0.851. The summed E-state index contributed by atoms with van der Waals surface area (Å²) in [4.78, 5) is 22.3. The molecule has 8 heteroatoms. The first-order valence-electron chi connectivity index (χ1n) is 6.35. The van der Waals surface area contributed by atoms with Crippen LogP contribution in [0.3, 0.4) is 0 Å². The highest BCUT2D eigenvalue weighted by Crippen LogP contribution is 2.23. The smallest absolute Gasteiger partial charge is 0.464 e. The topological polar surface area (TPSA) is 88.1 Å². The molecule has 0 unspecified atom stereocenters. The maximum Gasteiger partial charge on any atom is 0.698 e. The summed E-state index contributed by atoms with van der Waals surface area (Å²) in [7, 11) is -2.55. The van der Waals surface area contributed by atoms with Crippen LogP contribution in [0, 0.1) is 11.8 Å². The van der Waals surface area contributed by atoms with Crippen molar-refractivity contribution in [2.24, 2.45) is 11.8 Å². The van der Waals surface area contributed by atoms with Crippen LogP contribution in [-0.4, -0.2) is 38.4 Å². The lowest BCUT2D eigenvalue weighted by molar-refractivity contribution is -0.147. The van der Waals surface area contributed by atoms with Crippen LogP contribution in [0.2, 0.25) is 0 Å². The molecule has 0 amide bonds. The highest BCUT2D eigenvalue weighted by atomic mass is 31.1. The lowest BCUT2D eigenvalue weighted by atomic mass is 10.2. The molecule has 0 aromatic rings. The van der Waals surface area contributed by atoms with Gasteiger partial charge in [0.15, 0.2) is 0 Å². The summed E-state index contributed by atoms with van der Waals surface area (Å²) in [5.41, 5.74) is 0. The van der Waals surface area contributed by atoms with Crippen molar-refractivity contribution in [1.82, 2.24) is 0 Å². The summed E-state index contributed by atoms with van der Waals surface area (Å²) in [5.74, 6) is -0.847. The van der Waals surface area contributed by atoms with Gasteiger partial charge >= 0.3 is 20.2 Å². The molecule has 0 aliphatic carbocycles. The summed E-state index contributed by atoms with van der Waals surface area (Å²) >= 11 is 0. The standard InChI is InChI=1S/C12H22O7P/c1-9(2)5-16-11(13)7-18-20(15)19-8-12(14)17-6-10(3)4/h9-10H,5-8H2,1-4H3/q+1. The minimum atomic E-state index is -2.55. The van der Waals surface area contributed by atoms with E-state index >= 15 is 0 Å². The van der Waals surface area contributed by atoms with Crippen molar-refractivity contribution in [1.29, 1.82) is 0 Å². The molecule has 0 fully saturated rings. The van der Waals surface area contributed by atoms with E-state index in [1.165, 1.54) is 0 Å². The van der Waals surface area contributed by atoms with Crippen LogP contribution in [0.5, 0.6) is 0 Å². The van der Waals surface area contributed by atoms with Crippen LogP contribution in [0.15, 0.2) is 0 Å². The molecule has 0 saturated heterocycles. The molecule has 0 N–H and O–H groups in total. The first-order valence-corrected chi connectivity index (χ1v) is 7.45. The van der Waals surface area contributed by atoms with Crippen molar-refractivity contribution in [3.63, 3.8) is 0 Å². The number of ether oxygens (including phenoxy) is 2. The van der Waals surface area contributed by atoms with E-state index < -0.39 is 33.4 Å². The van der Waals surface area contributed by atoms with E-state index in [-0.39, 0.29) is 25.0 Å². The molecular formula is C12H22O7P+. The average Bonchev–Trinajstić information content (AvgIpc) is 2.37. The molecule has 116 valence electrons. The summed E-state index contributed by atoms with van der Waals surface area (Å²) in [6, 6.07) is 0. The molecule has 0 heterocycles. The second kappa shape index (κ2) is 10.7.